The molecule has 0 unspecified atom stereocenters. The molecule has 82 valence electrons. The maximum atomic E-state index is 5.22. The molecule has 1 aromatic heterocycles. The SMILES string of the molecule is Cc1nn(C)c(C)c1NC(=S)NC1CC1. The number of thiocarbonyl (C=S) groups is 1. The average Bonchev–Trinajstić information content (AvgIpc) is 2.92. The normalized spacial score (nSPS) is 15.1. The van der Waals surface area contributed by atoms with Gasteiger partial charge in [-0.3, -0.25) is 4.68 Å². The lowest BCUT2D eigenvalue weighted by atomic mass is 10.3. The predicted octanol–water partition coefficient (Wildman–Crippen LogP) is 1.49. The second-order valence-corrected chi connectivity index (χ2v) is 4.45. The maximum absolute atomic E-state index is 5.22. The van der Waals surface area contributed by atoms with E-state index in [4.69, 9.17) is 12.2 Å². The van der Waals surface area contributed by atoms with E-state index >= 15 is 0 Å². The van der Waals surface area contributed by atoms with Crippen molar-refractivity contribution in [3.8, 4) is 0 Å². The number of aryl methyl sites for hydroxylation is 2. The van der Waals surface area contributed by atoms with E-state index in [0.717, 1.165) is 17.1 Å². The van der Waals surface area contributed by atoms with E-state index in [2.05, 4.69) is 15.7 Å². The van der Waals surface area contributed by atoms with Crippen LogP contribution in [0, 0.1) is 13.8 Å². The molecule has 0 radical (unpaired) electrons. The van der Waals surface area contributed by atoms with Crippen molar-refractivity contribution in [2.45, 2.75) is 32.7 Å². The summed E-state index contributed by atoms with van der Waals surface area (Å²) in [6, 6.07) is 0.585. The van der Waals surface area contributed by atoms with E-state index in [1.54, 1.807) is 0 Å². The first-order valence-electron chi connectivity index (χ1n) is 5.15. The van der Waals surface area contributed by atoms with Gasteiger partial charge in [0.15, 0.2) is 5.11 Å². The van der Waals surface area contributed by atoms with Gasteiger partial charge in [-0.15, -0.1) is 0 Å². The summed E-state index contributed by atoms with van der Waals surface area (Å²) >= 11 is 5.22. The van der Waals surface area contributed by atoms with E-state index in [1.807, 2.05) is 25.6 Å². The Kier molecular flexibility index (Phi) is 2.65. The monoisotopic (exact) mass is 224 g/mol. The third-order valence-corrected chi connectivity index (χ3v) is 2.88. The molecule has 2 N–H and O–H groups in total. The van der Waals surface area contributed by atoms with Crippen LogP contribution in [-0.2, 0) is 7.05 Å². The Balaban J connectivity index is 2.05. The summed E-state index contributed by atoms with van der Waals surface area (Å²) < 4.78 is 1.86. The first kappa shape index (κ1) is 10.4. The number of aromatic nitrogens is 2. The van der Waals surface area contributed by atoms with Crippen molar-refractivity contribution in [1.82, 2.24) is 15.1 Å². The molecule has 5 heteroatoms. The van der Waals surface area contributed by atoms with Crippen LogP contribution in [0.2, 0.25) is 0 Å². The van der Waals surface area contributed by atoms with Gasteiger partial charge in [-0.25, -0.2) is 0 Å². The lowest BCUT2D eigenvalue weighted by Gasteiger charge is -2.09. The lowest BCUT2D eigenvalue weighted by Crippen LogP contribution is -2.30. The largest absolute Gasteiger partial charge is 0.360 e. The Labute approximate surface area is 95.0 Å². The molecule has 2 rings (SSSR count). The van der Waals surface area contributed by atoms with E-state index < -0.39 is 0 Å². The second kappa shape index (κ2) is 3.81. The zero-order valence-corrected chi connectivity index (χ0v) is 10.1. The molecule has 0 atom stereocenters. The highest BCUT2D eigenvalue weighted by Crippen LogP contribution is 2.21. The minimum absolute atomic E-state index is 0.585. The highest BCUT2D eigenvalue weighted by molar-refractivity contribution is 7.80. The fraction of sp³-hybridized carbons (Fsp3) is 0.600. The summed E-state index contributed by atoms with van der Waals surface area (Å²) in [6.07, 6.45) is 2.46. The number of nitrogens with one attached hydrogen (secondary N) is 2. The quantitative estimate of drug-likeness (QED) is 0.747. The lowest BCUT2D eigenvalue weighted by molar-refractivity contribution is 0.731. The molecule has 0 amide bonds. The molecule has 0 bridgehead atoms. The molecule has 15 heavy (non-hydrogen) atoms. The standard InChI is InChI=1S/C10H16N4S/c1-6-9(7(2)14(3)13-6)12-10(15)11-8-4-5-8/h8H,4-5H2,1-3H3,(H2,11,12,15). The Morgan fingerprint density at radius 2 is 2.13 bits per heavy atom. The van der Waals surface area contributed by atoms with Gasteiger partial charge in [0.1, 0.15) is 0 Å². The molecule has 0 saturated heterocycles. The molecule has 1 aromatic rings. The van der Waals surface area contributed by atoms with Gasteiger partial charge in [-0.05, 0) is 38.9 Å². The van der Waals surface area contributed by atoms with Gasteiger partial charge >= 0.3 is 0 Å². The van der Waals surface area contributed by atoms with Crippen LogP contribution in [0.25, 0.3) is 0 Å². The molecule has 1 saturated carbocycles. The summed E-state index contributed by atoms with van der Waals surface area (Å²) in [4.78, 5) is 0. The number of nitrogens with zero attached hydrogens (tertiary/aromatic N) is 2. The molecular formula is C10H16N4S. The Hall–Kier alpha value is -1.10. The second-order valence-electron chi connectivity index (χ2n) is 4.04. The van der Waals surface area contributed by atoms with Gasteiger partial charge in [-0.2, -0.15) is 5.10 Å². The van der Waals surface area contributed by atoms with Gasteiger partial charge in [0.25, 0.3) is 0 Å². The Bertz CT molecular complexity index is 392. The third kappa shape index (κ3) is 2.28. The van der Waals surface area contributed by atoms with Crippen molar-refractivity contribution in [3.05, 3.63) is 11.4 Å². The first-order chi connectivity index (χ1) is 7.08. The Morgan fingerprint density at radius 3 is 2.60 bits per heavy atom. The molecule has 0 aromatic carbocycles. The van der Waals surface area contributed by atoms with Crippen LogP contribution in [0.1, 0.15) is 24.2 Å². The molecule has 1 fully saturated rings. The minimum atomic E-state index is 0.585. The summed E-state index contributed by atoms with van der Waals surface area (Å²) in [5.41, 5.74) is 3.11. The number of rotatable bonds is 2. The van der Waals surface area contributed by atoms with Gasteiger partial charge in [0, 0.05) is 13.1 Å². The number of hydrogen-bond donors (Lipinski definition) is 2. The van der Waals surface area contributed by atoms with Gasteiger partial charge in [-0.1, -0.05) is 0 Å². The van der Waals surface area contributed by atoms with E-state index in [9.17, 15) is 0 Å². The summed E-state index contributed by atoms with van der Waals surface area (Å²) in [6.45, 7) is 4.01. The van der Waals surface area contributed by atoms with Gasteiger partial charge in [0.2, 0.25) is 0 Å². The molecule has 4 nitrogen and oxygen atoms in total. The molecule has 1 heterocycles. The topological polar surface area (TPSA) is 41.9 Å². The van der Waals surface area contributed by atoms with Crippen molar-refractivity contribution in [2.75, 3.05) is 5.32 Å². The predicted molar refractivity (Wildman–Crippen MR) is 65.1 cm³/mol. The highest BCUT2D eigenvalue weighted by Gasteiger charge is 2.22. The van der Waals surface area contributed by atoms with Crippen molar-refractivity contribution >= 4 is 23.0 Å². The van der Waals surface area contributed by atoms with Gasteiger partial charge < -0.3 is 10.6 Å². The fourth-order valence-electron chi connectivity index (χ4n) is 1.52. The molecule has 1 aliphatic rings. The molecule has 1 aliphatic carbocycles. The average molecular weight is 224 g/mol. The van der Waals surface area contributed by atoms with Crippen LogP contribution < -0.4 is 10.6 Å². The zero-order chi connectivity index (χ0) is 11.0. The summed E-state index contributed by atoms with van der Waals surface area (Å²) in [5, 5.41) is 11.5. The van der Waals surface area contributed by atoms with Gasteiger partial charge in [0.05, 0.1) is 17.1 Å². The molecule has 0 aliphatic heterocycles. The van der Waals surface area contributed by atoms with Crippen LogP contribution in [0.15, 0.2) is 0 Å². The van der Waals surface area contributed by atoms with E-state index in [-0.39, 0.29) is 0 Å². The van der Waals surface area contributed by atoms with Crippen molar-refractivity contribution in [2.24, 2.45) is 7.05 Å². The van der Waals surface area contributed by atoms with Crippen LogP contribution >= 0.6 is 12.2 Å². The van der Waals surface area contributed by atoms with E-state index in [0.29, 0.717) is 11.2 Å². The number of hydrogen-bond acceptors (Lipinski definition) is 2. The van der Waals surface area contributed by atoms with Crippen molar-refractivity contribution < 1.29 is 0 Å². The smallest absolute Gasteiger partial charge is 0.171 e. The zero-order valence-electron chi connectivity index (χ0n) is 9.29. The van der Waals surface area contributed by atoms with E-state index in [1.165, 1.54) is 12.8 Å². The van der Waals surface area contributed by atoms with Crippen molar-refractivity contribution in [1.29, 1.82) is 0 Å². The highest BCUT2D eigenvalue weighted by atomic mass is 32.1. The van der Waals surface area contributed by atoms with Crippen LogP contribution in [0.4, 0.5) is 5.69 Å². The Morgan fingerprint density at radius 1 is 1.47 bits per heavy atom. The van der Waals surface area contributed by atoms with Crippen LogP contribution in [-0.4, -0.2) is 20.9 Å². The van der Waals surface area contributed by atoms with Crippen LogP contribution in [0.5, 0.6) is 0 Å². The van der Waals surface area contributed by atoms with Crippen molar-refractivity contribution in [3.63, 3.8) is 0 Å². The molecule has 0 spiro atoms. The minimum Gasteiger partial charge on any atom is -0.360 e. The fourth-order valence-corrected chi connectivity index (χ4v) is 1.79. The summed E-state index contributed by atoms with van der Waals surface area (Å²) in [7, 11) is 1.94. The first-order valence-corrected chi connectivity index (χ1v) is 5.56. The number of anilines is 1. The molecular weight excluding hydrogens is 208 g/mol. The third-order valence-electron chi connectivity index (χ3n) is 2.66. The van der Waals surface area contributed by atoms with Crippen LogP contribution in [0.3, 0.4) is 0 Å². The maximum Gasteiger partial charge on any atom is 0.171 e. The summed E-state index contributed by atoms with van der Waals surface area (Å²) in [5.74, 6) is 0.